The second kappa shape index (κ2) is 8.67. The molecular formula is C17H28N2O2. The first-order valence-corrected chi connectivity index (χ1v) is 7.85. The summed E-state index contributed by atoms with van der Waals surface area (Å²) in [6, 6.07) is 5.18. The Hall–Kier alpha value is -1.55. The number of benzene rings is 1. The fourth-order valence-corrected chi connectivity index (χ4v) is 2.47. The van der Waals surface area contributed by atoms with E-state index in [1.165, 1.54) is 0 Å². The molecule has 0 saturated heterocycles. The van der Waals surface area contributed by atoms with E-state index in [1.54, 1.807) is 18.2 Å². The lowest BCUT2D eigenvalue weighted by atomic mass is 10.0. The molecule has 0 heterocycles. The van der Waals surface area contributed by atoms with Crippen LogP contribution in [0.5, 0.6) is 5.75 Å². The summed E-state index contributed by atoms with van der Waals surface area (Å²) in [4.78, 5) is 14.9. The molecule has 0 aromatic heterocycles. The summed E-state index contributed by atoms with van der Waals surface area (Å²) in [5.41, 5.74) is 7.12. The van der Waals surface area contributed by atoms with Gasteiger partial charge in [0.1, 0.15) is 5.75 Å². The lowest BCUT2D eigenvalue weighted by molar-refractivity contribution is 0.0838. The second-order valence-electron chi connectivity index (χ2n) is 5.26. The number of hydrogen-bond acceptors (Lipinski definition) is 4. The molecule has 0 fully saturated rings. The average molecular weight is 292 g/mol. The first-order valence-electron chi connectivity index (χ1n) is 7.85. The number of anilines is 1. The lowest BCUT2D eigenvalue weighted by Crippen LogP contribution is -2.40. The van der Waals surface area contributed by atoms with Crippen LogP contribution in [0.4, 0.5) is 5.69 Å². The zero-order valence-corrected chi connectivity index (χ0v) is 13.7. The van der Waals surface area contributed by atoms with Gasteiger partial charge in [0, 0.05) is 5.56 Å². The van der Waals surface area contributed by atoms with Crippen LogP contribution in [0, 0.1) is 0 Å². The summed E-state index contributed by atoms with van der Waals surface area (Å²) in [7, 11) is 0. The molecule has 0 aliphatic carbocycles. The van der Waals surface area contributed by atoms with Gasteiger partial charge in [-0.1, -0.05) is 13.8 Å². The van der Waals surface area contributed by atoms with Gasteiger partial charge in [0.05, 0.1) is 18.3 Å². The zero-order chi connectivity index (χ0) is 15.8. The Morgan fingerprint density at radius 3 is 2.33 bits per heavy atom. The standard InChI is InChI=1S/C17H28N2O2/c1-5-10-19(11-6-2)13(4)17(20)14-8-9-16(21-7-3)15(18)12-14/h8-9,12-13H,5-7,10-11,18H2,1-4H3. The number of hydrogen-bond donors (Lipinski definition) is 1. The number of carbonyl (C=O) groups excluding carboxylic acids is 1. The van der Waals surface area contributed by atoms with Gasteiger partial charge in [-0.15, -0.1) is 0 Å². The predicted molar refractivity (Wildman–Crippen MR) is 88.0 cm³/mol. The molecule has 1 aromatic rings. The number of nitrogens with zero attached hydrogens (tertiary/aromatic N) is 1. The van der Waals surface area contributed by atoms with Crippen LogP contribution in [-0.2, 0) is 0 Å². The van der Waals surface area contributed by atoms with E-state index in [2.05, 4.69) is 18.7 Å². The van der Waals surface area contributed by atoms with E-state index < -0.39 is 0 Å². The Morgan fingerprint density at radius 1 is 1.24 bits per heavy atom. The van der Waals surface area contributed by atoms with Gasteiger partial charge in [0.2, 0.25) is 0 Å². The van der Waals surface area contributed by atoms with Crippen molar-refractivity contribution in [2.24, 2.45) is 0 Å². The van der Waals surface area contributed by atoms with Crippen molar-refractivity contribution in [2.75, 3.05) is 25.4 Å². The third-order valence-corrected chi connectivity index (χ3v) is 3.54. The van der Waals surface area contributed by atoms with E-state index in [9.17, 15) is 4.79 Å². The van der Waals surface area contributed by atoms with Crippen molar-refractivity contribution in [3.63, 3.8) is 0 Å². The molecule has 0 amide bonds. The largest absolute Gasteiger partial charge is 0.492 e. The van der Waals surface area contributed by atoms with Crippen molar-refractivity contribution in [3.05, 3.63) is 23.8 Å². The van der Waals surface area contributed by atoms with Crippen molar-refractivity contribution in [3.8, 4) is 5.75 Å². The van der Waals surface area contributed by atoms with E-state index in [0.29, 0.717) is 23.6 Å². The average Bonchev–Trinajstić information content (AvgIpc) is 2.48. The number of Topliss-reactive ketones (excluding diaryl/α,β-unsaturated/α-hetero) is 1. The molecule has 0 radical (unpaired) electrons. The van der Waals surface area contributed by atoms with Crippen LogP contribution in [0.2, 0.25) is 0 Å². The van der Waals surface area contributed by atoms with Gasteiger partial charge in [0.25, 0.3) is 0 Å². The molecule has 0 aliphatic rings. The highest BCUT2D eigenvalue weighted by Crippen LogP contribution is 2.23. The van der Waals surface area contributed by atoms with Gasteiger partial charge < -0.3 is 10.5 Å². The van der Waals surface area contributed by atoms with Crippen LogP contribution >= 0.6 is 0 Å². The summed E-state index contributed by atoms with van der Waals surface area (Å²) in [5.74, 6) is 0.757. The van der Waals surface area contributed by atoms with Crippen LogP contribution in [0.3, 0.4) is 0 Å². The molecule has 1 aromatic carbocycles. The van der Waals surface area contributed by atoms with Gasteiger partial charge in [-0.25, -0.2) is 0 Å². The maximum Gasteiger partial charge on any atom is 0.179 e. The topological polar surface area (TPSA) is 55.6 Å². The molecule has 4 heteroatoms. The summed E-state index contributed by atoms with van der Waals surface area (Å²) >= 11 is 0. The van der Waals surface area contributed by atoms with Gasteiger partial charge in [-0.2, -0.15) is 0 Å². The summed E-state index contributed by atoms with van der Waals surface area (Å²) in [6.45, 7) is 10.6. The van der Waals surface area contributed by atoms with E-state index in [1.807, 2.05) is 13.8 Å². The molecule has 0 bridgehead atoms. The maximum absolute atomic E-state index is 12.6. The predicted octanol–water partition coefficient (Wildman–Crippen LogP) is 3.36. The molecule has 0 spiro atoms. The van der Waals surface area contributed by atoms with E-state index in [-0.39, 0.29) is 11.8 Å². The molecule has 2 N–H and O–H groups in total. The molecule has 0 saturated carbocycles. The third kappa shape index (κ3) is 4.74. The van der Waals surface area contributed by atoms with Gasteiger partial charge in [-0.05, 0) is 58.0 Å². The van der Waals surface area contributed by atoms with E-state index in [4.69, 9.17) is 10.5 Å². The lowest BCUT2D eigenvalue weighted by Gasteiger charge is -2.27. The Labute approximate surface area is 128 Å². The van der Waals surface area contributed by atoms with Crippen LogP contribution < -0.4 is 10.5 Å². The number of rotatable bonds is 9. The summed E-state index contributed by atoms with van der Waals surface area (Å²) in [6.07, 6.45) is 2.09. The highest BCUT2D eigenvalue weighted by molar-refractivity contribution is 6.00. The Bertz CT molecular complexity index is 454. The fourth-order valence-electron chi connectivity index (χ4n) is 2.47. The first kappa shape index (κ1) is 17.5. The maximum atomic E-state index is 12.6. The highest BCUT2D eigenvalue weighted by Gasteiger charge is 2.22. The molecule has 4 nitrogen and oxygen atoms in total. The number of nitrogens with two attached hydrogens (primary N) is 1. The number of ether oxygens (including phenoxy) is 1. The summed E-state index contributed by atoms with van der Waals surface area (Å²) < 4.78 is 5.41. The Balaban J connectivity index is 2.88. The van der Waals surface area contributed by atoms with Crippen LogP contribution in [-0.4, -0.2) is 36.4 Å². The molecule has 118 valence electrons. The monoisotopic (exact) mass is 292 g/mol. The molecule has 1 atom stereocenters. The minimum Gasteiger partial charge on any atom is -0.492 e. The Morgan fingerprint density at radius 2 is 1.86 bits per heavy atom. The highest BCUT2D eigenvalue weighted by atomic mass is 16.5. The smallest absolute Gasteiger partial charge is 0.179 e. The minimum absolute atomic E-state index is 0.117. The fraction of sp³-hybridized carbons (Fsp3) is 0.588. The van der Waals surface area contributed by atoms with Crippen LogP contribution in [0.1, 0.15) is 50.9 Å². The normalized spacial score (nSPS) is 12.4. The molecule has 21 heavy (non-hydrogen) atoms. The van der Waals surface area contributed by atoms with Crippen LogP contribution in [0.15, 0.2) is 18.2 Å². The second-order valence-corrected chi connectivity index (χ2v) is 5.26. The number of nitrogen functional groups attached to an aromatic ring is 1. The van der Waals surface area contributed by atoms with Crippen molar-refractivity contribution >= 4 is 11.5 Å². The van der Waals surface area contributed by atoms with Crippen molar-refractivity contribution in [1.82, 2.24) is 4.90 Å². The Kier molecular flexibility index (Phi) is 7.23. The van der Waals surface area contributed by atoms with Crippen molar-refractivity contribution < 1.29 is 9.53 Å². The molecule has 1 rings (SSSR count). The SMILES string of the molecule is CCCN(CCC)C(C)C(=O)c1ccc(OCC)c(N)c1. The van der Waals surface area contributed by atoms with Gasteiger partial charge >= 0.3 is 0 Å². The number of carbonyl (C=O) groups is 1. The molecule has 1 unspecified atom stereocenters. The molecular weight excluding hydrogens is 264 g/mol. The zero-order valence-electron chi connectivity index (χ0n) is 13.7. The minimum atomic E-state index is -0.123. The van der Waals surface area contributed by atoms with Crippen molar-refractivity contribution in [1.29, 1.82) is 0 Å². The van der Waals surface area contributed by atoms with E-state index >= 15 is 0 Å². The number of ketones is 1. The van der Waals surface area contributed by atoms with E-state index in [0.717, 1.165) is 25.9 Å². The first-order chi connectivity index (χ1) is 10.0. The third-order valence-electron chi connectivity index (χ3n) is 3.54. The molecule has 0 aliphatic heterocycles. The van der Waals surface area contributed by atoms with Gasteiger partial charge in [0.15, 0.2) is 5.78 Å². The van der Waals surface area contributed by atoms with Crippen LogP contribution in [0.25, 0.3) is 0 Å². The van der Waals surface area contributed by atoms with Gasteiger partial charge in [-0.3, -0.25) is 9.69 Å². The summed E-state index contributed by atoms with van der Waals surface area (Å²) in [5, 5.41) is 0. The quantitative estimate of drug-likeness (QED) is 0.560. The van der Waals surface area contributed by atoms with Crippen molar-refractivity contribution in [2.45, 2.75) is 46.6 Å².